The molecule has 1 aliphatic rings. The number of aliphatic carboxylic acids is 1. The van der Waals surface area contributed by atoms with Crippen molar-refractivity contribution in [2.75, 3.05) is 6.61 Å². The number of hydrogen-bond acceptors (Lipinski definition) is 5. The van der Waals surface area contributed by atoms with E-state index in [-0.39, 0.29) is 6.61 Å². The van der Waals surface area contributed by atoms with E-state index < -0.39 is 45.1 Å². The van der Waals surface area contributed by atoms with Crippen molar-refractivity contribution in [3.8, 4) is 0 Å². The van der Waals surface area contributed by atoms with Crippen LogP contribution in [0.1, 0.15) is 27.7 Å². The van der Waals surface area contributed by atoms with Crippen molar-refractivity contribution in [2.24, 2.45) is 22.7 Å². The van der Waals surface area contributed by atoms with Crippen molar-refractivity contribution in [3.63, 3.8) is 0 Å². The zero-order valence-corrected chi connectivity index (χ0v) is 14.7. The molecule has 0 aliphatic heterocycles. The summed E-state index contributed by atoms with van der Waals surface area (Å²) in [5.74, 6) is -5.18. The predicted molar refractivity (Wildman–Crippen MR) is 82.9 cm³/mol. The fourth-order valence-corrected chi connectivity index (χ4v) is 3.75. The Morgan fingerprint density at radius 2 is 1.48 bits per heavy atom. The molecule has 0 saturated heterocycles. The molecule has 128 valence electrons. The zero-order chi connectivity index (χ0) is 18.2. The van der Waals surface area contributed by atoms with Gasteiger partial charge in [-0.25, -0.2) is 0 Å². The van der Waals surface area contributed by atoms with E-state index in [9.17, 15) is 24.3 Å². The Morgan fingerprint density at radius 1 is 1.04 bits per heavy atom. The number of hydrogen-bond donors (Lipinski definition) is 1. The van der Waals surface area contributed by atoms with Crippen LogP contribution in [0.4, 0.5) is 0 Å². The van der Waals surface area contributed by atoms with E-state index in [1.54, 1.807) is 19.9 Å². The molecule has 2 atom stereocenters. The number of carboxylic acids is 1. The van der Waals surface area contributed by atoms with Gasteiger partial charge in [0, 0.05) is 0 Å². The standard InChI is InChI=1S/C15H18Cl2O6/c1-7(2)5-6-23-11(20)9-14(3,12(16)21)8(10(18)19)15(9,4)13(17)22/h5,8-9H,6H2,1-4H3,(H,18,19)/t8?,9?,14-,15-/m1/s1. The summed E-state index contributed by atoms with van der Waals surface area (Å²) in [4.78, 5) is 47.5. The van der Waals surface area contributed by atoms with Crippen LogP contribution in [0, 0.1) is 22.7 Å². The average molecular weight is 365 g/mol. The lowest BCUT2D eigenvalue weighted by Gasteiger charge is -2.59. The predicted octanol–water partition coefficient (Wildman–Crippen LogP) is 2.37. The van der Waals surface area contributed by atoms with Crippen molar-refractivity contribution >= 4 is 45.6 Å². The third-order valence-corrected chi connectivity index (χ3v) is 5.26. The van der Waals surface area contributed by atoms with Crippen LogP contribution in [0.2, 0.25) is 0 Å². The molecule has 0 aromatic carbocycles. The summed E-state index contributed by atoms with van der Waals surface area (Å²) in [6, 6.07) is 0. The maximum absolute atomic E-state index is 12.3. The van der Waals surface area contributed by atoms with Gasteiger partial charge in [-0.05, 0) is 57.0 Å². The molecule has 0 aromatic heterocycles. The molecule has 0 radical (unpaired) electrons. The van der Waals surface area contributed by atoms with Gasteiger partial charge in [-0.3, -0.25) is 19.2 Å². The van der Waals surface area contributed by atoms with Crippen molar-refractivity contribution in [2.45, 2.75) is 27.7 Å². The summed E-state index contributed by atoms with van der Waals surface area (Å²) in [7, 11) is 0. The van der Waals surface area contributed by atoms with Crippen molar-refractivity contribution in [1.82, 2.24) is 0 Å². The minimum Gasteiger partial charge on any atom is -0.481 e. The average Bonchev–Trinajstić information content (AvgIpc) is 2.36. The Bertz CT molecular complexity index is 567. The topological polar surface area (TPSA) is 97.7 Å². The summed E-state index contributed by atoms with van der Waals surface area (Å²) < 4.78 is 5.05. The third-order valence-electron chi connectivity index (χ3n) is 4.45. The second-order valence-corrected chi connectivity index (χ2v) is 6.92. The number of allylic oxidation sites excluding steroid dienone is 1. The summed E-state index contributed by atoms with van der Waals surface area (Å²) in [6.45, 7) is 6.01. The minimum absolute atomic E-state index is 0.0610. The summed E-state index contributed by atoms with van der Waals surface area (Å²) in [5.41, 5.74) is -2.63. The molecule has 8 heteroatoms. The Balaban J connectivity index is 3.26. The number of halogens is 2. The molecule has 23 heavy (non-hydrogen) atoms. The van der Waals surface area contributed by atoms with Crippen molar-refractivity contribution < 1.29 is 29.0 Å². The van der Waals surface area contributed by atoms with E-state index in [1.807, 2.05) is 0 Å². The quantitative estimate of drug-likeness (QED) is 0.441. The molecule has 0 spiro atoms. The molecule has 1 N–H and O–H groups in total. The van der Waals surface area contributed by atoms with Crippen LogP contribution >= 0.6 is 23.2 Å². The van der Waals surface area contributed by atoms with Crippen molar-refractivity contribution in [1.29, 1.82) is 0 Å². The first-order valence-corrected chi connectivity index (χ1v) is 7.60. The molecule has 1 saturated carbocycles. The first-order valence-electron chi connectivity index (χ1n) is 6.84. The Hall–Kier alpha value is -1.40. The molecule has 0 heterocycles. The number of carbonyl (C=O) groups is 4. The highest BCUT2D eigenvalue weighted by Crippen LogP contribution is 2.65. The van der Waals surface area contributed by atoms with E-state index in [1.165, 1.54) is 13.8 Å². The van der Waals surface area contributed by atoms with E-state index in [0.29, 0.717) is 0 Å². The SMILES string of the molecule is CC(C)=CCOC(=O)C1[C@](C)(C(=O)Cl)C(C(=O)O)[C@@]1(C)C(=O)Cl. The Morgan fingerprint density at radius 3 is 1.78 bits per heavy atom. The van der Waals surface area contributed by atoms with Gasteiger partial charge < -0.3 is 9.84 Å². The fraction of sp³-hybridized carbons (Fsp3) is 0.600. The van der Waals surface area contributed by atoms with Gasteiger partial charge >= 0.3 is 11.9 Å². The number of carboxylic acid groups (broad SMARTS) is 1. The van der Waals surface area contributed by atoms with Crippen LogP contribution in [0.15, 0.2) is 11.6 Å². The Kier molecular flexibility index (Phi) is 5.65. The first kappa shape index (κ1) is 19.6. The molecule has 0 unspecified atom stereocenters. The highest BCUT2D eigenvalue weighted by molar-refractivity contribution is 6.67. The smallest absolute Gasteiger partial charge is 0.311 e. The number of ether oxygens (including phenoxy) is 1. The second kappa shape index (κ2) is 6.61. The lowest BCUT2D eigenvalue weighted by molar-refractivity contribution is -0.211. The first-order chi connectivity index (χ1) is 10.4. The van der Waals surface area contributed by atoms with E-state index >= 15 is 0 Å². The summed E-state index contributed by atoms with van der Waals surface area (Å²) in [5, 5.41) is 7.32. The highest BCUT2D eigenvalue weighted by atomic mass is 35.5. The third kappa shape index (κ3) is 3.02. The largest absolute Gasteiger partial charge is 0.481 e. The normalized spacial score (nSPS) is 32.4. The maximum Gasteiger partial charge on any atom is 0.311 e. The molecular formula is C15H18Cl2O6. The van der Waals surface area contributed by atoms with Crippen LogP contribution in [-0.4, -0.2) is 34.1 Å². The summed E-state index contributed by atoms with van der Waals surface area (Å²) in [6.07, 6.45) is 1.63. The van der Waals surface area contributed by atoms with Gasteiger partial charge in [-0.2, -0.15) is 0 Å². The monoisotopic (exact) mass is 364 g/mol. The fourth-order valence-electron chi connectivity index (χ4n) is 3.31. The lowest BCUT2D eigenvalue weighted by Crippen LogP contribution is -2.71. The lowest BCUT2D eigenvalue weighted by atomic mass is 9.40. The van der Waals surface area contributed by atoms with Crippen LogP contribution in [0.5, 0.6) is 0 Å². The molecule has 1 fully saturated rings. The van der Waals surface area contributed by atoms with Gasteiger partial charge in [0.2, 0.25) is 10.5 Å². The van der Waals surface area contributed by atoms with E-state index in [4.69, 9.17) is 27.9 Å². The van der Waals surface area contributed by atoms with Crippen LogP contribution < -0.4 is 0 Å². The van der Waals surface area contributed by atoms with Gasteiger partial charge in [0.15, 0.2) is 0 Å². The number of esters is 1. The minimum atomic E-state index is -1.77. The zero-order valence-electron chi connectivity index (χ0n) is 13.2. The molecular weight excluding hydrogens is 347 g/mol. The van der Waals surface area contributed by atoms with Gasteiger partial charge in [0.1, 0.15) is 6.61 Å². The van der Waals surface area contributed by atoms with Crippen molar-refractivity contribution in [3.05, 3.63) is 11.6 Å². The molecule has 6 nitrogen and oxygen atoms in total. The van der Waals surface area contributed by atoms with E-state index in [2.05, 4.69) is 0 Å². The molecule has 0 bridgehead atoms. The van der Waals surface area contributed by atoms with E-state index in [0.717, 1.165) is 5.57 Å². The molecule has 1 aliphatic carbocycles. The maximum atomic E-state index is 12.3. The molecule has 0 amide bonds. The number of carbonyl (C=O) groups excluding carboxylic acids is 3. The van der Waals surface area contributed by atoms with Gasteiger partial charge in [-0.15, -0.1) is 0 Å². The van der Waals surface area contributed by atoms with Crippen LogP contribution in [0.3, 0.4) is 0 Å². The van der Waals surface area contributed by atoms with Gasteiger partial charge in [0.05, 0.1) is 22.7 Å². The Labute approximate surface area is 143 Å². The molecule has 0 aromatic rings. The molecule has 1 rings (SSSR count). The number of rotatable bonds is 6. The van der Waals surface area contributed by atoms with Gasteiger partial charge in [-0.1, -0.05) is 5.57 Å². The van der Waals surface area contributed by atoms with Gasteiger partial charge in [0.25, 0.3) is 0 Å². The highest BCUT2D eigenvalue weighted by Gasteiger charge is 2.77. The van der Waals surface area contributed by atoms with Crippen LogP contribution in [-0.2, 0) is 23.9 Å². The van der Waals surface area contributed by atoms with Crippen LogP contribution in [0.25, 0.3) is 0 Å². The summed E-state index contributed by atoms with van der Waals surface area (Å²) >= 11 is 11.1. The second-order valence-electron chi connectivity index (χ2n) is 6.23.